The lowest BCUT2D eigenvalue weighted by Gasteiger charge is -2.17. The van der Waals surface area contributed by atoms with Crippen LogP contribution >= 0.6 is 11.6 Å². The van der Waals surface area contributed by atoms with Gasteiger partial charge in [0.2, 0.25) is 5.95 Å². The fraction of sp³-hybridized carbons (Fsp3) is 0.190. The first-order valence-corrected chi connectivity index (χ1v) is 8.98. The maximum Gasteiger partial charge on any atom is 0.274 e. The van der Waals surface area contributed by atoms with Crippen LogP contribution in [0.5, 0.6) is 0 Å². The number of nitrogens with zero attached hydrogens (tertiary/aromatic N) is 3. The first-order valence-electron chi connectivity index (χ1n) is 8.60. The summed E-state index contributed by atoms with van der Waals surface area (Å²) in [6.45, 7) is 4.52. The first kappa shape index (κ1) is 18.9. The predicted octanol–water partition coefficient (Wildman–Crippen LogP) is 4.64. The maximum absolute atomic E-state index is 12.7. The molecule has 0 atom stereocenters. The molecule has 1 N–H and O–H groups in total. The highest BCUT2D eigenvalue weighted by Gasteiger charge is 2.14. The third kappa shape index (κ3) is 4.63. The molecule has 1 aromatic heterocycles. The number of benzene rings is 2. The van der Waals surface area contributed by atoms with Gasteiger partial charge in [0.15, 0.2) is 0 Å². The van der Waals surface area contributed by atoms with E-state index in [1.165, 1.54) is 0 Å². The Hall–Kier alpha value is -2.92. The van der Waals surface area contributed by atoms with E-state index < -0.39 is 0 Å². The quantitative estimate of drug-likeness (QED) is 0.700. The molecule has 27 heavy (non-hydrogen) atoms. The van der Waals surface area contributed by atoms with Gasteiger partial charge < -0.3 is 10.2 Å². The Morgan fingerprint density at radius 2 is 1.89 bits per heavy atom. The van der Waals surface area contributed by atoms with Gasteiger partial charge in [0.05, 0.1) is 10.7 Å². The highest BCUT2D eigenvalue weighted by molar-refractivity contribution is 6.34. The molecule has 0 spiro atoms. The second-order valence-corrected chi connectivity index (χ2v) is 6.88. The lowest BCUT2D eigenvalue weighted by atomic mass is 10.1. The molecular formula is C21H21ClN4O. The van der Waals surface area contributed by atoms with Crippen molar-refractivity contribution in [2.24, 2.45) is 0 Å². The van der Waals surface area contributed by atoms with E-state index in [1.54, 1.807) is 12.3 Å². The Balaban J connectivity index is 1.78. The van der Waals surface area contributed by atoms with Crippen LogP contribution in [0, 0.1) is 13.8 Å². The number of aromatic nitrogens is 2. The van der Waals surface area contributed by atoms with E-state index in [9.17, 15) is 4.79 Å². The number of aryl methyl sites for hydroxylation is 2. The molecule has 138 valence electrons. The van der Waals surface area contributed by atoms with E-state index >= 15 is 0 Å². The molecule has 0 bridgehead atoms. The van der Waals surface area contributed by atoms with Gasteiger partial charge in [-0.1, -0.05) is 48.0 Å². The van der Waals surface area contributed by atoms with Gasteiger partial charge >= 0.3 is 0 Å². The van der Waals surface area contributed by atoms with Crippen molar-refractivity contribution in [3.8, 4) is 0 Å². The molecule has 2 aromatic carbocycles. The topological polar surface area (TPSA) is 58.1 Å². The third-order valence-corrected chi connectivity index (χ3v) is 4.45. The van der Waals surface area contributed by atoms with Crippen LogP contribution in [0.1, 0.15) is 27.2 Å². The van der Waals surface area contributed by atoms with Crippen LogP contribution in [0.3, 0.4) is 0 Å². The zero-order valence-electron chi connectivity index (χ0n) is 15.5. The lowest BCUT2D eigenvalue weighted by molar-refractivity contribution is 0.102. The lowest BCUT2D eigenvalue weighted by Crippen LogP contribution is -2.21. The van der Waals surface area contributed by atoms with Gasteiger partial charge in [0.1, 0.15) is 5.69 Å². The van der Waals surface area contributed by atoms with Crippen molar-refractivity contribution in [2.45, 2.75) is 20.4 Å². The number of anilines is 2. The SMILES string of the molecule is Cc1cc(C)c(NC(=O)c2ccnc(N(C)Cc3ccccc3)n2)c(Cl)c1. The van der Waals surface area contributed by atoms with Crippen LogP contribution in [0.25, 0.3) is 0 Å². The number of carbonyl (C=O) groups is 1. The number of nitrogens with one attached hydrogen (secondary N) is 1. The number of halogens is 1. The standard InChI is InChI=1S/C21H21ClN4O/c1-14-11-15(2)19(17(22)12-14)25-20(27)18-9-10-23-21(24-18)26(3)13-16-7-5-4-6-8-16/h4-12H,13H2,1-3H3,(H,25,27). The van der Waals surface area contributed by atoms with Gasteiger partial charge in [-0.2, -0.15) is 0 Å². The number of amides is 1. The molecule has 0 saturated carbocycles. The number of rotatable bonds is 5. The van der Waals surface area contributed by atoms with E-state index in [4.69, 9.17) is 11.6 Å². The fourth-order valence-corrected chi connectivity index (χ4v) is 3.21. The molecule has 0 aliphatic heterocycles. The minimum absolute atomic E-state index is 0.288. The van der Waals surface area contributed by atoms with Crippen LogP contribution in [-0.2, 0) is 6.54 Å². The number of hydrogen-bond donors (Lipinski definition) is 1. The molecule has 0 saturated heterocycles. The largest absolute Gasteiger partial charge is 0.340 e. The summed E-state index contributed by atoms with van der Waals surface area (Å²) in [6.07, 6.45) is 1.59. The molecule has 1 heterocycles. The van der Waals surface area contributed by atoms with Crippen molar-refractivity contribution < 1.29 is 4.79 Å². The van der Waals surface area contributed by atoms with Gasteiger partial charge in [0.25, 0.3) is 5.91 Å². The van der Waals surface area contributed by atoms with Gasteiger partial charge in [-0.05, 0) is 42.7 Å². The molecule has 0 aliphatic rings. The van der Waals surface area contributed by atoms with E-state index in [-0.39, 0.29) is 11.6 Å². The molecule has 3 rings (SSSR count). The summed E-state index contributed by atoms with van der Waals surface area (Å²) in [5.41, 5.74) is 3.98. The Morgan fingerprint density at radius 1 is 1.15 bits per heavy atom. The van der Waals surface area contributed by atoms with Crippen LogP contribution < -0.4 is 10.2 Å². The Labute approximate surface area is 164 Å². The zero-order chi connectivity index (χ0) is 19.4. The van der Waals surface area contributed by atoms with Crippen molar-refractivity contribution in [1.82, 2.24) is 9.97 Å². The summed E-state index contributed by atoms with van der Waals surface area (Å²) in [6, 6.07) is 15.4. The normalized spacial score (nSPS) is 10.5. The molecule has 0 unspecified atom stereocenters. The molecule has 6 heteroatoms. The third-order valence-electron chi connectivity index (χ3n) is 4.15. The van der Waals surface area contributed by atoms with Crippen molar-refractivity contribution in [2.75, 3.05) is 17.3 Å². The summed E-state index contributed by atoms with van der Waals surface area (Å²) >= 11 is 6.28. The highest BCUT2D eigenvalue weighted by Crippen LogP contribution is 2.27. The molecule has 1 amide bonds. The monoisotopic (exact) mass is 380 g/mol. The average molecular weight is 381 g/mol. The highest BCUT2D eigenvalue weighted by atomic mass is 35.5. The fourth-order valence-electron chi connectivity index (χ4n) is 2.84. The number of hydrogen-bond acceptors (Lipinski definition) is 4. The maximum atomic E-state index is 12.7. The average Bonchev–Trinajstić information content (AvgIpc) is 2.65. The Morgan fingerprint density at radius 3 is 2.59 bits per heavy atom. The van der Waals surface area contributed by atoms with E-state index in [2.05, 4.69) is 15.3 Å². The minimum atomic E-state index is -0.319. The minimum Gasteiger partial charge on any atom is -0.340 e. The molecular weight excluding hydrogens is 360 g/mol. The van der Waals surface area contributed by atoms with E-state index in [0.717, 1.165) is 16.7 Å². The van der Waals surface area contributed by atoms with Gasteiger partial charge in [-0.3, -0.25) is 4.79 Å². The van der Waals surface area contributed by atoms with Crippen LogP contribution in [0.4, 0.5) is 11.6 Å². The van der Waals surface area contributed by atoms with Crippen LogP contribution in [0.15, 0.2) is 54.7 Å². The molecule has 5 nitrogen and oxygen atoms in total. The van der Waals surface area contributed by atoms with Crippen molar-refractivity contribution in [3.63, 3.8) is 0 Å². The molecule has 0 aliphatic carbocycles. The van der Waals surface area contributed by atoms with Gasteiger partial charge in [0, 0.05) is 19.8 Å². The predicted molar refractivity (Wildman–Crippen MR) is 109 cm³/mol. The summed E-state index contributed by atoms with van der Waals surface area (Å²) in [4.78, 5) is 23.2. The van der Waals surface area contributed by atoms with Gasteiger partial charge in [-0.15, -0.1) is 0 Å². The van der Waals surface area contributed by atoms with Gasteiger partial charge in [-0.25, -0.2) is 9.97 Å². The molecule has 0 radical (unpaired) electrons. The van der Waals surface area contributed by atoms with Crippen molar-refractivity contribution in [3.05, 3.63) is 82.1 Å². The molecule has 0 fully saturated rings. The summed E-state index contributed by atoms with van der Waals surface area (Å²) < 4.78 is 0. The Bertz CT molecular complexity index is 936. The number of carbonyl (C=O) groups excluding carboxylic acids is 1. The van der Waals surface area contributed by atoms with E-state index in [0.29, 0.717) is 23.2 Å². The second kappa shape index (κ2) is 8.18. The smallest absolute Gasteiger partial charge is 0.274 e. The van der Waals surface area contributed by atoms with Crippen LogP contribution in [-0.4, -0.2) is 22.9 Å². The zero-order valence-corrected chi connectivity index (χ0v) is 16.3. The molecule has 3 aromatic rings. The second-order valence-electron chi connectivity index (χ2n) is 6.48. The summed E-state index contributed by atoms with van der Waals surface area (Å²) in [7, 11) is 1.89. The van der Waals surface area contributed by atoms with Crippen molar-refractivity contribution >= 4 is 29.1 Å². The summed E-state index contributed by atoms with van der Waals surface area (Å²) in [5, 5.41) is 3.37. The first-order chi connectivity index (χ1) is 12.9. The Kier molecular flexibility index (Phi) is 5.72. The van der Waals surface area contributed by atoms with E-state index in [1.807, 2.05) is 68.3 Å². The van der Waals surface area contributed by atoms with Crippen molar-refractivity contribution in [1.29, 1.82) is 0 Å². The summed E-state index contributed by atoms with van der Waals surface area (Å²) in [5.74, 6) is 0.166. The van der Waals surface area contributed by atoms with Crippen LogP contribution in [0.2, 0.25) is 5.02 Å².